The molecule has 0 aliphatic carbocycles. The number of nitrogens with one attached hydrogen (secondary N) is 1. The van der Waals surface area contributed by atoms with Crippen LogP contribution < -0.4 is 5.32 Å². The first-order chi connectivity index (χ1) is 9.90. The Bertz CT molecular complexity index is 496. The van der Waals surface area contributed by atoms with E-state index in [9.17, 15) is 9.59 Å². The van der Waals surface area contributed by atoms with E-state index < -0.39 is 6.04 Å². The van der Waals surface area contributed by atoms with E-state index in [1.165, 1.54) is 6.92 Å². The molecule has 1 aromatic heterocycles. The summed E-state index contributed by atoms with van der Waals surface area (Å²) < 4.78 is 1.91. The molecule has 0 aliphatic rings. The number of hydrogen-bond acceptors (Lipinski definition) is 3. The third kappa shape index (κ3) is 4.58. The smallest absolute Gasteiger partial charge is 0.245 e. The topological polar surface area (TPSA) is 67.2 Å². The molecular weight excluding hydrogens is 268 g/mol. The van der Waals surface area contributed by atoms with Gasteiger partial charge in [0, 0.05) is 38.3 Å². The molecule has 6 heteroatoms. The summed E-state index contributed by atoms with van der Waals surface area (Å²) in [6.07, 6.45) is 3.29. The van der Waals surface area contributed by atoms with Gasteiger partial charge in [-0.1, -0.05) is 13.3 Å². The van der Waals surface area contributed by atoms with Crippen LogP contribution in [0.5, 0.6) is 0 Å². The standard InChI is InChI=1S/C15H26N4O2/c1-6-8-14(17-12(4)20)15(21)18(5)10-13-9-16-19(7-2)11(13)3/h9,14H,6-8,10H2,1-5H3,(H,17,20)/t14-/m1/s1. The number of rotatable bonds is 7. The highest BCUT2D eigenvalue weighted by atomic mass is 16.2. The maximum Gasteiger partial charge on any atom is 0.245 e. The molecular formula is C15H26N4O2. The third-order valence-electron chi connectivity index (χ3n) is 3.54. The monoisotopic (exact) mass is 294 g/mol. The highest BCUT2D eigenvalue weighted by Crippen LogP contribution is 2.11. The summed E-state index contributed by atoms with van der Waals surface area (Å²) in [4.78, 5) is 25.3. The predicted molar refractivity (Wildman–Crippen MR) is 81.6 cm³/mol. The molecule has 0 fully saturated rings. The Kier molecular flexibility index (Phi) is 6.39. The fourth-order valence-corrected chi connectivity index (χ4v) is 2.35. The van der Waals surface area contributed by atoms with Crippen molar-refractivity contribution in [3.8, 4) is 0 Å². The SMILES string of the molecule is CCC[C@@H](NC(C)=O)C(=O)N(C)Cc1cnn(CC)c1C. The number of aromatic nitrogens is 2. The van der Waals surface area contributed by atoms with Crippen LogP contribution >= 0.6 is 0 Å². The minimum absolute atomic E-state index is 0.0595. The second kappa shape index (κ2) is 7.81. The van der Waals surface area contributed by atoms with Gasteiger partial charge in [0.05, 0.1) is 6.20 Å². The van der Waals surface area contributed by atoms with Gasteiger partial charge in [0.15, 0.2) is 0 Å². The van der Waals surface area contributed by atoms with Gasteiger partial charge < -0.3 is 10.2 Å². The molecule has 0 aromatic carbocycles. The average molecular weight is 294 g/mol. The van der Waals surface area contributed by atoms with Crippen molar-refractivity contribution in [2.75, 3.05) is 7.05 Å². The van der Waals surface area contributed by atoms with Crippen LogP contribution in [0.1, 0.15) is 44.9 Å². The summed E-state index contributed by atoms with van der Waals surface area (Å²) in [6.45, 7) is 8.79. The van der Waals surface area contributed by atoms with Gasteiger partial charge >= 0.3 is 0 Å². The van der Waals surface area contributed by atoms with Crippen molar-refractivity contribution in [2.45, 2.75) is 59.7 Å². The first-order valence-corrected chi connectivity index (χ1v) is 7.44. The third-order valence-corrected chi connectivity index (χ3v) is 3.54. The van der Waals surface area contributed by atoms with Gasteiger partial charge in [-0.2, -0.15) is 5.10 Å². The highest BCUT2D eigenvalue weighted by Gasteiger charge is 2.22. The second-order valence-corrected chi connectivity index (χ2v) is 5.31. The van der Waals surface area contributed by atoms with Crippen LogP contribution in [0.2, 0.25) is 0 Å². The molecule has 1 atom stereocenters. The van der Waals surface area contributed by atoms with Crippen LogP contribution in [0.25, 0.3) is 0 Å². The van der Waals surface area contributed by atoms with Crippen LogP contribution in [0.15, 0.2) is 6.20 Å². The van der Waals surface area contributed by atoms with Crippen molar-refractivity contribution in [1.82, 2.24) is 20.0 Å². The molecule has 6 nitrogen and oxygen atoms in total. The van der Waals surface area contributed by atoms with Crippen LogP contribution in [-0.4, -0.2) is 39.6 Å². The molecule has 0 saturated heterocycles. The van der Waals surface area contributed by atoms with Gasteiger partial charge in [-0.15, -0.1) is 0 Å². The van der Waals surface area contributed by atoms with Crippen LogP contribution in [0, 0.1) is 6.92 Å². The van der Waals surface area contributed by atoms with Crippen molar-refractivity contribution >= 4 is 11.8 Å². The van der Waals surface area contributed by atoms with E-state index in [0.29, 0.717) is 13.0 Å². The normalized spacial score (nSPS) is 12.0. The lowest BCUT2D eigenvalue weighted by atomic mass is 10.1. The molecule has 1 N–H and O–H groups in total. The Morgan fingerprint density at radius 1 is 1.43 bits per heavy atom. The molecule has 1 aromatic rings. The quantitative estimate of drug-likeness (QED) is 0.828. The molecule has 0 radical (unpaired) electrons. The minimum atomic E-state index is -0.445. The molecule has 0 unspecified atom stereocenters. The van der Waals surface area contributed by atoms with Crippen molar-refractivity contribution in [1.29, 1.82) is 0 Å². The zero-order valence-corrected chi connectivity index (χ0v) is 13.6. The van der Waals surface area contributed by atoms with Crippen molar-refractivity contribution < 1.29 is 9.59 Å². The van der Waals surface area contributed by atoms with E-state index in [2.05, 4.69) is 10.4 Å². The van der Waals surface area contributed by atoms with Crippen LogP contribution in [0.4, 0.5) is 0 Å². The van der Waals surface area contributed by atoms with Crippen LogP contribution in [0.3, 0.4) is 0 Å². The van der Waals surface area contributed by atoms with Crippen LogP contribution in [-0.2, 0) is 22.7 Å². The largest absolute Gasteiger partial charge is 0.345 e. The maximum atomic E-state index is 12.4. The number of amides is 2. The molecule has 0 saturated carbocycles. The molecule has 0 spiro atoms. The van der Waals surface area contributed by atoms with E-state index in [1.54, 1.807) is 18.1 Å². The lowest BCUT2D eigenvalue weighted by molar-refractivity contribution is -0.135. The van der Waals surface area contributed by atoms with Gasteiger partial charge in [0.25, 0.3) is 0 Å². The van der Waals surface area contributed by atoms with Crippen molar-refractivity contribution in [3.63, 3.8) is 0 Å². The van der Waals surface area contributed by atoms with Crippen molar-refractivity contribution in [3.05, 3.63) is 17.5 Å². The van der Waals surface area contributed by atoms with Gasteiger partial charge in [-0.25, -0.2) is 0 Å². The highest BCUT2D eigenvalue weighted by molar-refractivity contribution is 5.86. The molecule has 21 heavy (non-hydrogen) atoms. The first kappa shape index (κ1) is 17.2. The molecule has 1 rings (SSSR count). The Balaban J connectivity index is 2.75. The summed E-state index contributed by atoms with van der Waals surface area (Å²) in [5.41, 5.74) is 2.11. The zero-order chi connectivity index (χ0) is 16.0. The van der Waals surface area contributed by atoms with E-state index >= 15 is 0 Å². The van der Waals surface area contributed by atoms with E-state index in [4.69, 9.17) is 0 Å². The minimum Gasteiger partial charge on any atom is -0.345 e. The zero-order valence-electron chi connectivity index (χ0n) is 13.6. The van der Waals surface area contributed by atoms with Gasteiger partial charge in [0.2, 0.25) is 11.8 Å². The number of likely N-dealkylation sites (N-methyl/N-ethyl adjacent to an activating group) is 1. The fourth-order valence-electron chi connectivity index (χ4n) is 2.35. The molecule has 0 bridgehead atoms. The summed E-state index contributed by atoms with van der Waals surface area (Å²) in [6, 6.07) is -0.445. The van der Waals surface area contributed by atoms with Gasteiger partial charge in [-0.3, -0.25) is 14.3 Å². The van der Waals surface area contributed by atoms with E-state index in [-0.39, 0.29) is 11.8 Å². The Labute approximate surface area is 126 Å². The summed E-state index contributed by atoms with van der Waals surface area (Å²) in [5, 5.41) is 7.01. The number of carbonyl (C=O) groups excluding carboxylic acids is 2. The maximum absolute atomic E-state index is 12.4. The van der Waals surface area contributed by atoms with Crippen molar-refractivity contribution in [2.24, 2.45) is 0 Å². The number of aryl methyl sites for hydroxylation is 1. The Hall–Kier alpha value is -1.85. The number of nitrogens with zero attached hydrogens (tertiary/aromatic N) is 3. The average Bonchev–Trinajstić information content (AvgIpc) is 2.77. The van der Waals surface area contributed by atoms with E-state index in [0.717, 1.165) is 24.2 Å². The first-order valence-electron chi connectivity index (χ1n) is 7.44. The summed E-state index contributed by atoms with van der Waals surface area (Å²) in [5.74, 6) is -0.235. The van der Waals surface area contributed by atoms with E-state index in [1.807, 2.05) is 25.5 Å². The molecule has 0 aliphatic heterocycles. The Morgan fingerprint density at radius 3 is 2.57 bits per heavy atom. The summed E-state index contributed by atoms with van der Waals surface area (Å²) in [7, 11) is 1.76. The number of carbonyl (C=O) groups is 2. The second-order valence-electron chi connectivity index (χ2n) is 5.31. The van der Waals surface area contributed by atoms with Gasteiger partial charge in [-0.05, 0) is 20.3 Å². The summed E-state index contributed by atoms with van der Waals surface area (Å²) >= 11 is 0. The number of hydrogen-bond donors (Lipinski definition) is 1. The lowest BCUT2D eigenvalue weighted by Crippen LogP contribution is -2.46. The molecule has 1 heterocycles. The molecule has 2 amide bonds. The lowest BCUT2D eigenvalue weighted by Gasteiger charge is -2.24. The van der Waals surface area contributed by atoms with Gasteiger partial charge in [0.1, 0.15) is 6.04 Å². The molecule has 118 valence electrons. The predicted octanol–water partition coefficient (Wildman–Crippen LogP) is 1.47. The Morgan fingerprint density at radius 2 is 2.10 bits per heavy atom. The fraction of sp³-hybridized carbons (Fsp3) is 0.667.